The van der Waals surface area contributed by atoms with Gasteiger partial charge in [0.15, 0.2) is 0 Å². The molecule has 19 heavy (non-hydrogen) atoms. The van der Waals surface area contributed by atoms with E-state index in [-0.39, 0.29) is 19.0 Å². The molecule has 1 saturated heterocycles. The first-order chi connectivity index (χ1) is 8.90. The summed E-state index contributed by atoms with van der Waals surface area (Å²) in [6.45, 7) is 3.10. The number of hydrogen-bond acceptors (Lipinski definition) is 4. The molecule has 7 heteroatoms. The van der Waals surface area contributed by atoms with Crippen LogP contribution in [0, 0.1) is 0 Å². The van der Waals surface area contributed by atoms with Gasteiger partial charge in [-0.15, -0.1) is 0 Å². The quantitative estimate of drug-likeness (QED) is 0.655. The summed E-state index contributed by atoms with van der Waals surface area (Å²) in [6, 6.07) is -0.992. The van der Waals surface area contributed by atoms with Gasteiger partial charge in [-0.3, -0.25) is 14.5 Å². The Morgan fingerprint density at radius 2 is 1.89 bits per heavy atom. The molecule has 0 spiro atoms. The normalized spacial score (nSPS) is 16.5. The number of amides is 2. The van der Waals surface area contributed by atoms with E-state index in [1.165, 1.54) is 6.92 Å². The van der Waals surface area contributed by atoms with Gasteiger partial charge in [0.2, 0.25) is 11.8 Å². The molecular formula is C12H21N3O4. The summed E-state index contributed by atoms with van der Waals surface area (Å²) in [4.78, 5) is 37.2. The van der Waals surface area contributed by atoms with E-state index in [1.807, 2.05) is 0 Å². The van der Waals surface area contributed by atoms with Crippen LogP contribution < -0.4 is 5.32 Å². The number of carboxylic acid groups (broad SMARTS) is 1. The maximum atomic E-state index is 11.9. The number of carbonyl (C=O) groups excluding carboxylic acids is 2. The molecule has 0 bridgehead atoms. The van der Waals surface area contributed by atoms with Gasteiger partial charge in [0.05, 0.1) is 6.54 Å². The summed E-state index contributed by atoms with van der Waals surface area (Å²) in [5, 5.41) is 11.3. The second-order valence-corrected chi connectivity index (χ2v) is 4.88. The van der Waals surface area contributed by atoms with Gasteiger partial charge in [-0.05, 0) is 19.9 Å². The summed E-state index contributed by atoms with van der Waals surface area (Å²) in [7, 11) is 1.67. The highest BCUT2D eigenvalue weighted by molar-refractivity contribution is 5.82. The Morgan fingerprint density at radius 1 is 1.32 bits per heavy atom. The van der Waals surface area contributed by atoms with E-state index in [4.69, 9.17) is 5.11 Å². The van der Waals surface area contributed by atoms with Crippen LogP contribution in [0.25, 0.3) is 0 Å². The molecular weight excluding hydrogens is 250 g/mol. The van der Waals surface area contributed by atoms with E-state index in [1.54, 1.807) is 16.8 Å². The summed E-state index contributed by atoms with van der Waals surface area (Å²) in [6.07, 6.45) is 2.05. The van der Waals surface area contributed by atoms with Gasteiger partial charge in [0, 0.05) is 26.6 Å². The average Bonchev–Trinajstić information content (AvgIpc) is 2.80. The molecule has 1 aliphatic rings. The molecule has 0 aromatic heterocycles. The predicted octanol–water partition coefficient (Wildman–Crippen LogP) is -0.870. The molecule has 7 nitrogen and oxygen atoms in total. The Kier molecular flexibility index (Phi) is 5.75. The molecule has 2 amide bonds. The van der Waals surface area contributed by atoms with E-state index in [9.17, 15) is 14.4 Å². The Labute approximate surface area is 112 Å². The fourth-order valence-corrected chi connectivity index (χ4v) is 2.10. The van der Waals surface area contributed by atoms with Gasteiger partial charge < -0.3 is 15.3 Å². The molecule has 1 heterocycles. The maximum absolute atomic E-state index is 11.9. The topological polar surface area (TPSA) is 90.0 Å². The van der Waals surface area contributed by atoms with Gasteiger partial charge >= 0.3 is 5.97 Å². The van der Waals surface area contributed by atoms with Crippen molar-refractivity contribution in [2.24, 2.45) is 0 Å². The fraction of sp³-hybridized carbons (Fsp3) is 0.750. The molecule has 0 aliphatic carbocycles. The van der Waals surface area contributed by atoms with Crippen molar-refractivity contribution in [1.29, 1.82) is 0 Å². The molecule has 2 N–H and O–H groups in total. The lowest BCUT2D eigenvalue weighted by Gasteiger charge is -2.23. The third-order valence-electron chi connectivity index (χ3n) is 3.03. The van der Waals surface area contributed by atoms with Crippen molar-refractivity contribution in [3.05, 3.63) is 0 Å². The average molecular weight is 271 g/mol. The molecule has 1 rings (SSSR count). The van der Waals surface area contributed by atoms with E-state index in [2.05, 4.69) is 5.32 Å². The zero-order valence-corrected chi connectivity index (χ0v) is 11.4. The Morgan fingerprint density at radius 3 is 2.37 bits per heavy atom. The van der Waals surface area contributed by atoms with Crippen LogP contribution in [-0.2, 0) is 14.4 Å². The van der Waals surface area contributed by atoms with Gasteiger partial charge in [0.25, 0.3) is 0 Å². The largest absolute Gasteiger partial charge is 0.480 e. The van der Waals surface area contributed by atoms with Crippen LogP contribution >= 0.6 is 0 Å². The molecule has 0 aromatic rings. The molecule has 1 aliphatic heterocycles. The Hall–Kier alpha value is -1.63. The summed E-state index contributed by atoms with van der Waals surface area (Å²) in [5.41, 5.74) is 0. The SMILES string of the molecule is CC(=O)NC(CN(C)CC(=O)N1CCCC1)C(=O)O. The molecule has 1 unspecified atom stereocenters. The lowest BCUT2D eigenvalue weighted by atomic mass is 10.2. The van der Waals surface area contributed by atoms with Gasteiger partial charge in [-0.2, -0.15) is 0 Å². The van der Waals surface area contributed by atoms with Crippen molar-refractivity contribution in [2.75, 3.05) is 33.2 Å². The monoisotopic (exact) mass is 271 g/mol. The molecule has 1 atom stereocenters. The minimum atomic E-state index is -1.10. The van der Waals surface area contributed by atoms with Crippen LogP contribution in [0.4, 0.5) is 0 Å². The summed E-state index contributed by atoms with van der Waals surface area (Å²) < 4.78 is 0. The number of aliphatic carboxylic acids is 1. The highest BCUT2D eigenvalue weighted by Gasteiger charge is 2.23. The van der Waals surface area contributed by atoms with Crippen molar-refractivity contribution in [1.82, 2.24) is 15.1 Å². The number of carboxylic acids is 1. The number of rotatable bonds is 6. The van der Waals surface area contributed by atoms with E-state index in [0.717, 1.165) is 25.9 Å². The minimum Gasteiger partial charge on any atom is -0.480 e. The van der Waals surface area contributed by atoms with E-state index >= 15 is 0 Å². The van der Waals surface area contributed by atoms with Crippen LogP contribution in [0.5, 0.6) is 0 Å². The molecule has 0 saturated carbocycles. The van der Waals surface area contributed by atoms with Crippen molar-refractivity contribution < 1.29 is 19.5 Å². The summed E-state index contributed by atoms with van der Waals surface area (Å²) in [5.74, 6) is -1.49. The first kappa shape index (κ1) is 15.4. The Balaban J connectivity index is 2.42. The number of nitrogens with zero attached hydrogens (tertiary/aromatic N) is 2. The number of nitrogens with one attached hydrogen (secondary N) is 1. The highest BCUT2D eigenvalue weighted by atomic mass is 16.4. The van der Waals surface area contributed by atoms with Crippen molar-refractivity contribution in [3.8, 4) is 0 Å². The maximum Gasteiger partial charge on any atom is 0.327 e. The van der Waals surface area contributed by atoms with Crippen LogP contribution in [0.1, 0.15) is 19.8 Å². The van der Waals surface area contributed by atoms with Crippen molar-refractivity contribution in [2.45, 2.75) is 25.8 Å². The predicted molar refractivity (Wildman–Crippen MR) is 68.6 cm³/mol. The van der Waals surface area contributed by atoms with Gasteiger partial charge in [-0.1, -0.05) is 0 Å². The second kappa shape index (κ2) is 7.08. The number of carbonyl (C=O) groups is 3. The number of likely N-dealkylation sites (N-methyl/N-ethyl adjacent to an activating group) is 1. The van der Waals surface area contributed by atoms with Gasteiger partial charge in [-0.25, -0.2) is 4.79 Å². The van der Waals surface area contributed by atoms with Crippen molar-refractivity contribution >= 4 is 17.8 Å². The van der Waals surface area contributed by atoms with E-state index < -0.39 is 17.9 Å². The first-order valence-electron chi connectivity index (χ1n) is 6.36. The molecule has 108 valence electrons. The number of hydrogen-bond donors (Lipinski definition) is 2. The Bertz CT molecular complexity index is 353. The second-order valence-electron chi connectivity index (χ2n) is 4.88. The highest BCUT2D eigenvalue weighted by Crippen LogP contribution is 2.07. The zero-order chi connectivity index (χ0) is 14.4. The van der Waals surface area contributed by atoms with Crippen molar-refractivity contribution in [3.63, 3.8) is 0 Å². The fourth-order valence-electron chi connectivity index (χ4n) is 2.10. The number of likely N-dealkylation sites (tertiary alicyclic amines) is 1. The zero-order valence-electron chi connectivity index (χ0n) is 11.4. The molecule has 0 aromatic carbocycles. The third-order valence-corrected chi connectivity index (χ3v) is 3.03. The first-order valence-corrected chi connectivity index (χ1v) is 6.36. The lowest BCUT2D eigenvalue weighted by Crippen LogP contribution is -2.49. The smallest absolute Gasteiger partial charge is 0.327 e. The standard InChI is InChI=1S/C12H21N3O4/c1-9(16)13-10(12(18)19)7-14(2)8-11(17)15-5-3-4-6-15/h10H,3-8H2,1-2H3,(H,13,16)(H,18,19). The minimum absolute atomic E-state index is 0.00645. The van der Waals surface area contributed by atoms with Crippen LogP contribution in [-0.4, -0.2) is 72.0 Å². The summed E-state index contributed by atoms with van der Waals surface area (Å²) >= 11 is 0. The lowest BCUT2D eigenvalue weighted by molar-refractivity contribution is -0.142. The van der Waals surface area contributed by atoms with Gasteiger partial charge in [0.1, 0.15) is 6.04 Å². The van der Waals surface area contributed by atoms with E-state index in [0.29, 0.717) is 0 Å². The molecule has 0 radical (unpaired) electrons. The van der Waals surface area contributed by atoms with Crippen LogP contribution in [0.15, 0.2) is 0 Å². The third kappa shape index (κ3) is 5.25. The van der Waals surface area contributed by atoms with Crippen LogP contribution in [0.3, 0.4) is 0 Å². The molecule has 1 fully saturated rings. The van der Waals surface area contributed by atoms with Crippen LogP contribution in [0.2, 0.25) is 0 Å².